The van der Waals surface area contributed by atoms with E-state index in [1.165, 1.54) is 6.33 Å². The molecule has 1 unspecified atom stereocenters. The van der Waals surface area contributed by atoms with Crippen molar-refractivity contribution in [1.82, 2.24) is 19.1 Å². The Bertz CT molecular complexity index is 472. The van der Waals surface area contributed by atoms with Gasteiger partial charge >= 0.3 is 0 Å². The average Bonchev–Trinajstić information content (AvgIpc) is 2.90. The molecule has 0 saturated carbocycles. The topological polar surface area (TPSA) is 68.1 Å². The third-order valence-electron chi connectivity index (χ3n) is 3.54. The summed E-state index contributed by atoms with van der Waals surface area (Å²) >= 11 is 0. The number of hydrogen-bond acceptors (Lipinski definition) is 4. The van der Waals surface area contributed by atoms with E-state index in [0.717, 1.165) is 32.2 Å². The lowest BCUT2D eigenvalue weighted by Gasteiger charge is -2.31. The number of aromatic nitrogens is 3. The molecule has 1 aliphatic rings. The molecule has 1 aromatic heterocycles. The molecular formula is C12H22N4O2S. The van der Waals surface area contributed by atoms with Gasteiger partial charge in [0.1, 0.15) is 12.7 Å². The van der Waals surface area contributed by atoms with Gasteiger partial charge in [0.25, 0.3) is 0 Å². The van der Waals surface area contributed by atoms with Crippen LogP contribution in [0.5, 0.6) is 0 Å². The van der Waals surface area contributed by atoms with E-state index in [-0.39, 0.29) is 5.75 Å². The molecular weight excluding hydrogens is 264 g/mol. The molecule has 2 rings (SSSR count). The number of rotatable bonds is 6. The fourth-order valence-electron chi connectivity index (χ4n) is 2.48. The predicted octanol–water partition coefficient (Wildman–Crippen LogP) is 1.12. The molecule has 1 saturated heterocycles. The summed E-state index contributed by atoms with van der Waals surface area (Å²) < 4.78 is 27.8. The zero-order chi connectivity index (χ0) is 13.7. The van der Waals surface area contributed by atoms with Crippen molar-refractivity contribution >= 4 is 10.0 Å². The fourth-order valence-corrected chi connectivity index (χ4v) is 4.23. The second-order valence-corrected chi connectivity index (χ2v) is 7.24. The highest BCUT2D eigenvalue weighted by atomic mass is 32.2. The molecule has 0 spiro atoms. The summed E-state index contributed by atoms with van der Waals surface area (Å²) in [6.45, 7) is 4.05. The molecule has 0 bridgehead atoms. The van der Waals surface area contributed by atoms with Crippen LogP contribution >= 0.6 is 0 Å². The van der Waals surface area contributed by atoms with Crippen LogP contribution in [-0.4, -0.2) is 46.3 Å². The van der Waals surface area contributed by atoms with Gasteiger partial charge in [-0.05, 0) is 25.2 Å². The SMILES string of the molecule is CCCCS(=O)(=O)N1CCCC(Cn2cncn2)C1. The molecule has 1 aliphatic heterocycles. The van der Waals surface area contributed by atoms with Gasteiger partial charge in [-0.25, -0.2) is 17.7 Å². The summed E-state index contributed by atoms with van der Waals surface area (Å²) in [6, 6.07) is 0. The van der Waals surface area contributed by atoms with Crippen molar-refractivity contribution in [2.24, 2.45) is 5.92 Å². The molecule has 7 heteroatoms. The molecule has 6 nitrogen and oxygen atoms in total. The van der Waals surface area contributed by atoms with Crippen LogP contribution in [0.25, 0.3) is 0 Å². The maximum Gasteiger partial charge on any atom is 0.214 e. The standard InChI is InChI=1S/C12H22N4O2S/c1-2-3-7-19(17,18)16-6-4-5-12(9-16)8-15-11-13-10-14-15/h10-12H,2-9H2,1H3. The van der Waals surface area contributed by atoms with Crippen LogP contribution in [0.3, 0.4) is 0 Å². The van der Waals surface area contributed by atoms with Gasteiger partial charge in [-0.1, -0.05) is 13.3 Å². The molecule has 1 atom stereocenters. The Balaban J connectivity index is 1.93. The van der Waals surface area contributed by atoms with Crippen LogP contribution in [0.15, 0.2) is 12.7 Å². The molecule has 0 N–H and O–H groups in total. The first-order valence-electron chi connectivity index (χ1n) is 6.92. The van der Waals surface area contributed by atoms with Gasteiger partial charge in [-0.2, -0.15) is 5.10 Å². The zero-order valence-corrected chi connectivity index (χ0v) is 12.2. The van der Waals surface area contributed by atoms with E-state index in [2.05, 4.69) is 10.1 Å². The van der Waals surface area contributed by atoms with Gasteiger partial charge in [0.15, 0.2) is 0 Å². The van der Waals surface area contributed by atoms with Crippen molar-refractivity contribution < 1.29 is 8.42 Å². The van der Waals surface area contributed by atoms with Crippen LogP contribution in [0.4, 0.5) is 0 Å². The van der Waals surface area contributed by atoms with Crippen molar-refractivity contribution in [3.05, 3.63) is 12.7 Å². The number of sulfonamides is 1. The van der Waals surface area contributed by atoms with Gasteiger partial charge in [0.2, 0.25) is 10.0 Å². The van der Waals surface area contributed by atoms with Crippen molar-refractivity contribution in [2.75, 3.05) is 18.8 Å². The van der Waals surface area contributed by atoms with Crippen molar-refractivity contribution in [3.8, 4) is 0 Å². The van der Waals surface area contributed by atoms with Gasteiger partial charge in [-0.15, -0.1) is 0 Å². The first kappa shape index (κ1) is 14.5. The van der Waals surface area contributed by atoms with Gasteiger partial charge < -0.3 is 0 Å². The number of hydrogen-bond donors (Lipinski definition) is 0. The Hall–Kier alpha value is -0.950. The van der Waals surface area contributed by atoms with Crippen LogP contribution in [-0.2, 0) is 16.6 Å². The Morgan fingerprint density at radius 3 is 2.95 bits per heavy atom. The lowest BCUT2D eigenvalue weighted by atomic mass is 10.00. The highest BCUT2D eigenvalue weighted by molar-refractivity contribution is 7.89. The van der Waals surface area contributed by atoms with Crippen LogP contribution in [0.1, 0.15) is 32.6 Å². The normalized spacial score (nSPS) is 21.6. The lowest BCUT2D eigenvalue weighted by Crippen LogP contribution is -2.42. The monoisotopic (exact) mass is 286 g/mol. The third-order valence-corrected chi connectivity index (χ3v) is 5.47. The van der Waals surface area contributed by atoms with Crippen molar-refractivity contribution in [2.45, 2.75) is 39.2 Å². The minimum absolute atomic E-state index is 0.277. The Labute approximate surface area is 114 Å². The second-order valence-electron chi connectivity index (χ2n) is 5.15. The first-order valence-corrected chi connectivity index (χ1v) is 8.53. The largest absolute Gasteiger partial charge is 0.253 e. The maximum absolute atomic E-state index is 12.2. The molecule has 0 aromatic carbocycles. The number of unbranched alkanes of at least 4 members (excludes halogenated alkanes) is 1. The molecule has 1 aromatic rings. The van der Waals surface area contributed by atoms with Crippen molar-refractivity contribution in [1.29, 1.82) is 0 Å². The van der Waals surface area contributed by atoms with Crippen molar-refractivity contribution in [3.63, 3.8) is 0 Å². The van der Waals surface area contributed by atoms with E-state index in [9.17, 15) is 8.42 Å². The Kier molecular flexibility index (Phi) is 4.93. The third kappa shape index (κ3) is 4.01. The van der Waals surface area contributed by atoms with E-state index in [1.807, 2.05) is 6.92 Å². The molecule has 0 amide bonds. The predicted molar refractivity (Wildman–Crippen MR) is 73.0 cm³/mol. The molecule has 108 valence electrons. The summed E-state index contributed by atoms with van der Waals surface area (Å²) in [5.74, 6) is 0.617. The van der Waals surface area contributed by atoms with E-state index >= 15 is 0 Å². The van der Waals surface area contributed by atoms with E-state index < -0.39 is 10.0 Å². The fraction of sp³-hybridized carbons (Fsp3) is 0.833. The van der Waals surface area contributed by atoms with Crippen LogP contribution in [0, 0.1) is 5.92 Å². The van der Waals surface area contributed by atoms with Gasteiger partial charge in [0, 0.05) is 19.6 Å². The molecule has 0 radical (unpaired) electrons. The maximum atomic E-state index is 12.2. The highest BCUT2D eigenvalue weighted by Crippen LogP contribution is 2.21. The van der Waals surface area contributed by atoms with E-state index in [0.29, 0.717) is 19.0 Å². The van der Waals surface area contributed by atoms with Crippen LogP contribution < -0.4 is 0 Å². The summed E-state index contributed by atoms with van der Waals surface area (Å²) in [5.41, 5.74) is 0. The van der Waals surface area contributed by atoms with Gasteiger partial charge in [-0.3, -0.25) is 4.68 Å². The van der Waals surface area contributed by atoms with Crippen LogP contribution in [0.2, 0.25) is 0 Å². The zero-order valence-electron chi connectivity index (χ0n) is 11.4. The Morgan fingerprint density at radius 2 is 2.26 bits per heavy atom. The second kappa shape index (κ2) is 6.47. The minimum Gasteiger partial charge on any atom is -0.253 e. The molecule has 2 heterocycles. The summed E-state index contributed by atoms with van der Waals surface area (Å²) in [4.78, 5) is 3.92. The minimum atomic E-state index is -3.07. The first-order chi connectivity index (χ1) is 9.12. The smallest absolute Gasteiger partial charge is 0.214 e. The number of piperidine rings is 1. The van der Waals surface area contributed by atoms with E-state index in [1.54, 1.807) is 15.3 Å². The molecule has 19 heavy (non-hydrogen) atoms. The summed E-state index contributed by atoms with van der Waals surface area (Å²) in [7, 11) is -3.07. The summed E-state index contributed by atoms with van der Waals surface area (Å²) in [6.07, 6.45) is 6.84. The van der Waals surface area contributed by atoms with E-state index in [4.69, 9.17) is 0 Å². The summed E-state index contributed by atoms with van der Waals surface area (Å²) in [5, 5.41) is 4.08. The lowest BCUT2D eigenvalue weighted by molar-refractivity contribution is 0.239. The molecule has 1 fully saturated rings. The number of nitrogens with zero attached hydrogens (tertiary/aromatic N) is 4. The quantitative estimate of drug-likeness (QED) is 0.786. The van der Waals surface area contributed by atoms with Gasteiger partial charge in [0.05, 0.1) is 5.75 Å². The average molecular weight is 286 g/mol. The highest BCUT2D eigenvalue weighted by Gasteiger charge is 2.28. The Morgan fingerprint density at radius 1 is 1.42 bits per heavy atom. The molecule has 0 aliphatic carbocycles.